The molecule has 0 radical (unpaired) electrons. The molecular weight excluding hydrogens is 370 g/mol. The van der Waals surface area contributed by atoms with Gasteiger partial charge in [0, 0.05) is 16.8 Å². The summed E-state index contributed by atoms with van der Waals surface area (Å²) in [6, 6.07) is 3.70. The number of nitrogens with zero attached hydrogens (tertiary/aromatic N) is 4. The normalized spacial score (nSPS) is 12.2. The number of hydrogen-bond donors (Lipinski definition) is 1. The first-order chi connectivity index (χ1) is 12.4. The smallest absolute Gasteiger partial charge is 0.318 e. The van der Waals surface area contributed by atoms with Crippen LogP contribution >= 0.6 is 22.7 Å². The van der Waals surface area contributed by atoms with Crippen molar-refractivity contribution in [2.75, 3.05) is 7.05 Å². The van der Waals surface area contributed by atoms with E-state index in [2.05, 4.69) is 20.4 Å². The summed E-state index contributed by atoms with van der Waals surface area (Å²) < 4.78 is 5.24. The molecule has 1 unspecified atom stereocenters. The predicted molar refractivity (Wildman–Crippen MR) is 101 cm³/mol. The first-order valence-electron chi connectivity index (χ1n) is 8.22. The van der Waals surface area contributed by atoms with E-state index in [-0.39, 0.29) is 18.6 Å². The number of carbonyl (C=O) groups is 1. The van der Waals surface area contributed by atoms with Crippen molar-refractivity contribution in [1.29, 1.82) is 0 Å². The molecule has 0 fully saturated rings. The van der Waals surface area contributed by atoms with Crippen LogP contribution < -0.4 is 5.32 Å². The van der Waals surface area contributed by atoms with Crippen LogP contribution in [0.2, 0.25) is 0 Å². The van der Waals surface area contributed by atoms with Crippen LogP contribution in [-0.2, 0) is 13.0 Å². The molecule has 3 heterocycles. The van der Waals surface area contributed by atoms with E-state index in [4.69, 9.17) is 4.52 Å². The predicted octanol–water partition coefficient (Wildman–Crippen LogP) is 3.70. The molecule has 3 aromatic rings. The lowest BCUT2D eigenvalue weighted by Gasteiger charge is -2.24. The summed E-state index contributed by atoms with van der Waals surface area (Å²) in [4.78, 5) is 25.2. The molecule has 3 aromatic heterocycles. The highest BCUT2D eigenvalue weighted by molar-refractivity contribution is 7.11. The van der Waals surface area contributed by atoms with Crippen LogP contribution in [0.25, 0.3) is 0 Å². The molecule has 0 saturated carbocycles. The largest absolute Gasteiger partial charge is 0.339 e. The van der Waals surface area contributed by atoms with E-state index in [0.29, 0.717) is 18.1 Å². The number of amides is 2. The summed E-state index contributed by atoms with van der Waals surface area (Å²) >= 11 is 3.28. The number of rotatable bonds is 6. The van der Waals surface area contributed by atoms with Gasteiger partial charge in [0.2, 0.25) is 5.89 Å². The Bertz CT molecular complexity index is 872. The minimum Gasteiger partial charge on any atom is -0.339 e. The zero-order chi connectivity index (χ0) is 18.7. The van der Waals surface area contributed by atoms with E-state index in [0.717, 1.165) is 20.5 Å². The molecular formula is C17H21N5O2S2. The molecule has 0 aliphatic rings. The standard InChI is InChI=1S/C17H21N5O2S2/c1-10(16-11(2)26-12(3)19-16)22(4)17(23)18-9-14-20-15(24-21-14)8-13-6-5-7-25-13/h5-7,10H,8-9H2,1-4H3,(H,18,23). The van der Waals surface area contributed by atoms with Crippen molar-refractivity contribution in [3.05, 3.63) is 49.7 Å². The molecule has 2 amide bonds. The summed E-state index contributed by atoms with van der Waals surface area (Å²) in [6.45, 7) is 6.18. The van der Waals surface area contributed by atoms with Gasteiger partial charge in [-0.15, -0.1) is 22.7 Å². The maximum Gasteiger partial charge on any atom is 0.318 e. The van der Waals surface area contributed by atoms with Crippen molar-refractivity contribution >= 4 is 28.7 Å². The Hall–Kier alpha value is -2.26. The highest BCUT2D eigenvalue weighted by Gasteiger charge is 2.22. The first-order valence-corrected chi connectivity index (χ1v) is 9.92. The van der Waals surface area contributed by atoms with Gasteiger partial charge in [-0.1, -0.05) is 11.2 Å². The van der Waals surface area contributed by atoms with Crippen LogP contribution in [0.1, 0.15) is 45.1 Å². The first kappa shape index (κ1) is 18.5. The monoisotopic (exact) mass is 391 g/mol. The van der Waals surface area contributed by atoms with Crippen molar-refractivity contribution in [2.45, 2.75) is 39.8 Å². The maximum absolute atomic E-state index is 12.4. The Balaban J connectivity index is 1.55. The van der Waals surface area contributed by atoms with E-state index >= 15 is 0 Å². The summed E-state index contributed by atoms with van der Waals surface area (Å²) in [5.41, 5.74) is 0.933. The number of thiophene rings is 1. The van der Waals surface area contributed by atoms with Gasteiger partial charge in [0.05, 0.1) is 29.7 Å². The van der Waals surface area contributed by atoms with Gasteiger partial charge in [0.15, 0.2) is 5.82 Å². The fourth-order valence-corrected chi connectivity index (χ4v) is 4.17. The Labute approximate surface area is 160 Å². The minimum atomic E-state index is -0.202. The average Bonchev–Trinajstić information content (AvgIpc) is 3.34. The molecule has 0 aliphatic carbocycles. The van der Waals surface area contributed by atoms with Crippen molar-refractivity contribution in [2.24, 2.45) is 0 Å². The fourth-order valence-electron chi connectivity index (χ4n) is 2.57. The van der Waals surface area contributed by atoms with E-state index in [9.17, 15) is 4.79 Å². The lowest BCUT2D eigenvalue weighted by atomic mass is 10.2. The Morgan fingerprint density at radius 2 is 2.19 bits per heavy atom. The number of hydrogen-bond acceptors (Lipinski definition) is 7. The number of carbonyl (C=O) groups excluding carboxylic acids is 1. The van der Waals surface area contributed by atoms with E-state index in [1.165, 1.54) is 0 Å². The maximum atomic E-state index is 12.4. The van der Waals surface area contributed by atoms with Gasteiger partial charge in [0.1, 0.15) is 0 Å². The highest BCUT2D eigenvalue weighted by Crippen LogP contribution is 2.26. The van der Waals surface area contributed by atoms with Crippen LogP contribution in [-0.4, -0.2) is 33.1 Å². The number of urea groups is 1. The van der Waals surface area contributed by atoms with Gasteiger partial charge in [-0.3, -0.25) is 0 Å². The number of aryl methyl sites for hydroxylation is 2. The van der Waals surface area contributed by atoms with Gasteiger partial charge >= 0.3 is 6.03 Å². The molecule has 0 aromatic carbocycles. The third-order valence-electron chi connectivity index (χ3n) is 4.05. The summed E-state index contributed by atoms with van der Waals surface area (Å²) in [6.07, 6.45) is 0.609. The molecule has 3 rings (SSSR count). The van der Waals surface area contributed by atoms with E-state index in [1.54, 1.807) is 34.6 Å². The van der Waals surface area contributed by atoms with Crippen molar-refractivity contribution < 1.29 is 9.32 Å². The molecule has 138 valence electrons. The van der Waals surface area contributed by atoms with Crippen LogP contribution in [0.3, 0.4) is 0 Å². The van der Waals surface area contributed by atoms with Gasteiger partial charge < -0.3 is 14.7 Å². The Morgan fingerprint density at radius 3 is 2.85 bits per heavy atom. The number of aromatic nitrogens is 3. The van der Waals surface area contributed by atoms with Crippen LogP contribution in [0.15, 0.2) is 22.0 Å². The van der Waals surface area contributed by atoms with Crippen LogP contribution in [0.5, 0.6) is 0 Å². The lowest BCUT2D eigenvalue weighted by Crippen LogP contribution is -2.38. The summed E-state index contributed by atoms with van der Waals surface area (Å²) in [5, 5.41) is 9.76. The Morgan fingerprint density at radius 1 is 1.38 bits per heavy atom. The number of thiazole rings is 1. The van der Waals surface area contributed by atoms with E-state index in [1.807, 2.05) is 38.3 Å². The van der Waals surface area contributed by atoms with Gasteiger partial charge in [-0.2, -0.15) is 4.98 Å². The molecule has 7 nitrogen and oxygen atoms in total. The number of nitrogens with one attached hydrogen (secondary N) is 1. The molecule has 0 aliphatic heterocycles. The minimum absolute atomic E-state index is 0.111. The van der Waals surface area contributed by atoms with Crippen LogP contribution in [0, 0.1) is 13.8 Å². The van der Waals surface area contributed by atoms with Crippen molar-refractivity contribution in [1.82, 2.24) is 25.3 Å². The zero-order valence-corrected chi connectivity index (χ0v) is 16.8. The zero-order valence-electron chi connectivity index (χ0n) is 15.1. The van der Waals surface area contributed by atoms with Crippen molar-refractivity contribution in [3.63, 3.8) is 0 Å². The van der Waals surface area contributed by atoms with Crippen molar-refractivity contribution in [3.8, 4) is 0 Å². The summed E-state index contributed by atoms with van der Waals surface area (Å²) in [5.74, 6) is 1.01. The Kier molecular flexibility index (Phi) is 5.67. The second kappa shape index (κ2) is 7.96. The fraction of sp³-hybridized carbons (Fsp3) is 0.412. The second-order valence-electron chi connectivity index (χ2n) is 5.98. The third kappa shape index (κ3) is 4.28. The molecule has 1 atom stereocenters. The van der Waals surface area contributed by atoms with Gasteiger partial charge in [0.25, 0.3) is 0 Å². The molecule has 9 heteroatoms. The molecule has 0 spiro atoms. The molecule has 0 saturated heterocycles. The third-order valence-corrected chi connectivity index (χ3v) is 5.83. The topological polar surface area (TPSA) is 84.2 Å². The lowest BCUT2D eigenvalue weighted by molar-refractivity contribution is 0.192. The SMILES string of the molecule is Cc1nc(C(C)N(C)C(=O)NCc2noc(Cc3cccs3)n2)c(C)s1. The second-order valence-corrected chi connectivity index (χ2v) is 8.42. The summed E-state index contributed by atoms with van der Waals surface area (Å²) in [7, 11) is 1.76. The molecule has 0 bridgehead atoms. The van der Waals surface area contributed by atoms with E-state index < -0.39 is 0 Å². The van der Waals surface area contributed by atoms with Gasteiger partial charge in [-0.25, -0.2) is 9.78 Å². The average molecular weight is 392 g/mol. The quantitative estimate of drug-likeness (QED) is 0.693. The van der Waals surface area contributed by atoms with Crippen LogP contribution in [0.4, 0.5) is 4.79 Å². The molecule has 1 N–H and O–H groups in total. The highest BCUT2D eigenvalue weighted by atomic mass is 32.1. The molecule has 26 heavy (non-hydrogen) atoms. The van der Waals surface area contributed by atoms with Gasteiger partial charge in [-0.05, 0) is 32.2 Å².